The Kier molecular flexibility index (Phi) is 4.06. The maximum Gasteiger partial charge on any atom is 0.249 e. The molecule has 0 spiro atoms. The molecular formula is C18H12FN7O. The normalized spacial score (nSPS) is 10.7. The highest BCUT2D eigenvalue weighted by atomic mass is 19.1. The average molecular weight is 361 g/mol. The van der Waals surface area contributed by atoms with Crippen molar-refractivity contribution >= 4 is 17.5 Å². The lowest BCUT2D eigenvalue weighted by Crippen LogP contribution is -2.18. The van der Waals surface area contributed by atoms with Crippen LogP contribution in [0.15, 0.2) is 55.2 Å². The van der Waals surface area contributed by atoms with E-state index in [1.54, 1.807) is 35.3 Å². The molecule has 132 valence electrons. The van der Waals surface area contributed by atoms with Gasteiger partial charge in [0.1, 0.15) is 12.4 Å². The molecule has 8 nitrogen and oxygen atoms in total. The Morgan fingerprint density at radius 1 is 1.30 bits per heavy atom. The number of pyridine rings is 1. The number of benzene rings is 1. The van der Waals surface area contributed by atoms with Gasteiger partial charge in [0.05, 0.1) is 18.0 Å². The fourth-order valence-corrected chi connectivity index (χ4v) is 2.66. The van der Waals surface area contributed by atoms with Gasteiger partial charge in [-0.2, -0.15) is 10.2 Å². The Morgan fingerprint density at radius 2 is 2.19 bits per heavy atom. The Morgan fingerprint density at radius 3 is 2.96 bits per heavy atom. The zero-order valence-corrected chi connectivity index (χ0v) is 13.9. The summed E-state index contributed by atoms with van der Waals surface area (Å²) >= 11 is 0. The lowest BCUT2D eigenvalue weighted by atomic mass is 10.0. The summed E-state index contributed by atoms with van der Waals surface area (Å²) in [5.74, 6) is -0.576. The molecule has 0 fully saturated rings. The summed E-state index contributed by atoms with van der Waals surface area (Å²) < 4.78 is 16.7. The first kappa shape index (κ1) is 16.4. The van der Waals surface area contributed by atoms with E-state index in [0.717, 1.165) is 0 Å². The molecule has 0 unspecified atom stereocenters. The standard InChI is InChI=1S/C18H12FN7O/c19-14-3-1-12(8-20)15(7-14)13-2-4-16-22-18(24-26(16)9-13)23-17(27)10-25-6-5-21-11-25/h1-7,9,11H,10H2,(H,23,24,27). The summed E-state index contributed by atoms with van der Waals surface area (Å²) in [6.45, 7) is 0.0929. The smallest absolute Gasteiger partial charge is 0.249 e. The number of fused-ring (bicyclic) bond motifs is 1. The molecule has 0 aliphatic carbocycles. The van der Waals surface area contributed by atoms with Gasteiger partial charge < -0.3 is 4.57 Å². The summed E-state index contributed by atoms with van der Waals surface area (Å²) in [6.07, 6.45) is 6.42. The van der Waals surface area contributed by atoms with Gasteiger partial charge in [0, 0.05) is 29.7 Å². The van der Waals surface area contributed by atoms with Crippen LogP contribution >= 0.6 is 0 Å². The Hall–Kier alpha value is -4.06. The van der Waals surface area contributed by atoms with Crippen molar-refractivity contribution < 1.29 is 9.18 Å². The number of nitrogens with one attached hydrogen (secondary N) is 1. The number of nitriles is 1. The van der Waals surface area contributed by atoms with Crippen molar-refractivity contribution in [3.05, 3.63) is 66.6 Å². The predicted octanol–water partition coefficient (Wildman–Crippen LogP) is 2.24. The molecule has 1 aromatic carbocycles. The molecule has 0 aliphatic rings. The van der Waals surface area contributed by atoms with Gasteiger partial charge in [0.25, 0.3) is 0 Å². The molecule has 3 heterocycles. The van der Waals surface area contributed by atoms with E-state index < -0.39 is 5.82 Å². The van der Waals surface area contributed by atoms with E-state index in [1.807, 2.05) is 6.07 Å². The molecule has 3 aromatic heterocycles. The zero-order chi connectivity index (χ0) is 18.8. The third-order valence-corrected chi connectivity index (χ3v) is 3.88. The van der Waals surface area contributed by atoms with Crippen molar-refractivity contribution in [2.45, 2.75) is 6.54 Å². The number of rotatable bonds is 4. The Bertz CT molecular complexity index is 1170. The largest absolute Gasteiger partial charge is 0.328 e. The maximum absolute atomic E-state index is 13.6. The van der Waals surface area contributed by atoms with Crippen molar-refractivity contribution in [1.82, 2.24) is 24.1 Å². The van der Waals surface area contributed by atoms with E-state index in [2.05, 4.69) is 20.4 Å². The number of imidazole rings is 1. The van der Waals surface area contributed by atoms with E-state index >= 15 is 0 Å². The van der Waals surface area contributed by atoms with Crippen LogP contribution in [0, 0.1) is 17.1 Å². The van der Waals surface area contributed by atoms with E-state index in [9.17, 15) is 14.4 Å². The molecule has 0 saturated carbocycles. The van der Waals surface area contributed by atoms with Gasteiger partial charge in [0.15, 0.2) is 5.65 Å². The highest BCUT2D eigenvalue weighted by Crippen LogP contribution is 2.25. The molecule has 4 aromatic rings. The first-order chi connectivity index (χ1) is 13.1. The molecule has 9 heteroatoms. The molecule has 1 N–H and O–H groups in total. The Balaban J connectivity index is 1.62. The highest BCUT2D eigenvalue weighted by molar-refractivity contribution is 5.89. The topological polar surface area (TPSA) is 101 Å². The molecule has 27 heavy (non-hydrogen) atoms. The average Bonchev–Trinajstić information content (AvgIpc) is 3.29. The van der Waals surface area contributed by atoms with Crippen LogP contribution < -0.4 is 5.32 Å². The molecule has 0 saturated heterocycles. The summed E-state index contributed by atoms with van der Waals surface area (Å²) in [6, 6.07) is 9.41. The van der Waals surface area contributed by atoms with Crippen LogP contribution in [0.1, 0.15) is 5.56 Å². The minimum atomic E-state index is -0.435. The van der Waals surface area contributed by atoms with E-state index in [0.29, 0.717) is 22.3 Å². The first-order valence-corrected chi connectivity index (χ1v) is 7.94. The fraction of sp³-hybridized carbons (Fsp3) is 0.0556. The number of anilines is 1. The van der Waals surface area contributed by atoms with Crippen LogP contribution in [0.3, 0.4) is 0 Å². The molecule has 0 atom stereocenters. The quantitative estimate of drug-likeness (QED) is 0.601. The van der Waals surface area contributed by atoms with Crippen molar-refractivity contribution in [1.29, 1.82) is 5.26 Å². The van der Waals surface area contributed by atoms with Crippen LogP contribution in [-0.4, -0.2) is 30.1 Å². The van der Waals surface area contributed by atoms with Gasteiger partial charge in [-0.25, -0.2) is 13.9 Å². The second kappa shape index (κ2) is 6.68. The SMILES string of the molecule is N#Cc1ccc(F)cc1-c1ccc2nc(NC(=O)Cn3ccnc3)nn2c1. The molecule has 1 amide bonds. The molecular weight excluding hydrogens is 349 g/mol. The molecule has 0 bridgehead atoms. The van der Waals surface area contributed by atoms with Gasteiger partial charge in [-0.15, -0.1) is 5.10 Å². The number of nitrogens with zero attached hydrogens (tertiary/aromatic N) is 6. The lowest BCUT2D eigenvalue weighted by molar-refractivity contribution is -0.116. The van der Waals surface area contributed by atoms with Crippen LogP contribution in [0.4, 0.5) is 10.3 Å². The zero-order valence-electron chi connectivity index (χ0n) is 13.9. The van der Waals surface area contributed by atoms with Crippen molar-refractivity contribution in [3.8, 4) is 17.2 Å². The third kappa shape index (κ3) is 3.36. The number of carbonyl (C=O) groups excluding carboxylic acids is 1. The van der Waals surface area contributed by atoms with Crippen molar-refractivity contribution in [2.24, 2.45) is 0 Å². The van der Waals surface area contributed by atoms with Gasteiger partial charge in [-0.1, -0.05) is 0 Å². The van der Waals surface area contributed by atoms with Crippen LogP contribution in [0.2, 0.25) is 0 Å². The molecule has 0 radical (unpaired) electrons. The minimum Gasteiger partial charge on any atom is -0.328 e. The monoisotopic (exact) mass is 361 g/mol. The summed E-state index contributed by atoms with van der Waals surface area (Å²) in [5, 5.41) is 16.1. The van der Waals surface area contributed by atoms with Gasteiger partial charge in [0.2, 0.25) is 11.9 Å². The molecule has 4 rings (SSSR count). The van der Waals surface area contributed by atoms with Gasteiger partial charge in [-0.05, 0) is 30.3 Å². The summed E-state index contributed by atoms with van der Waals surface area (Å²) in [4.78, 5) is 20.1. The first-order valence-electron chi connectivity index (χ1n) is 7.94. The second-order valence-corrected chi connectivity index (χ2v) is 5.74. The van der Waals surface area contributed by atoms with Crippen LogP contribution in [-0.2, 0) is 11.3 Å². The highest BCUT2D eigenvalue weighted by Gasteiger charge is 2.11. The number of hydrogen-bond donors (Lipinski definition) is 1. The third-order valence-electron chi connectivity index (χ3n) is 3.88. The van der Waals surface area contributed by atoms with E-state index in [-0.39, 0.29) is 18.4 Å². The second-order valence-electron chi connectivity index (χ2n) is 5.74. The fourth-order valence-electron chi connectivity index (χ4n) is 2.66. The number of hydrogen-bond acceptors (Lipinski definition) is 5. The van der Waals surface area contributed by atoms with Crippen LogP contribution in [0.25, 0.3) is 16.8 Å². The van der Waals surface area contributed by atoms with Crippen molar-refractivity contribution in [3.63, 3.8) is 0 Å². The lowest BCUT2D eigenvalue weighted by Gasteiger charge is -2.04. The number of carbonyl (C=O) groups is 1. The Labute approximate surface area is 152 Å². The number of aromatic nitrogens is 5. The minimum absolute atomic E-state index is 0.0929. The maximum atomic E-state index is 13.6. The summed E-state index contributed by atoms with van der Waals surface area (Å²) in [7, 11) is 0. The molecule has 0 aliphatic heterocycles. The predicted molar refractivity (Wildman–Crippen MR) is 94.0 cm³/mol. The van der Waals surface area contributed by atoms with E-state index in [1.165, 1.54) is 29.0 Å². The summed E-state index contributed by atoms with van der Waals surface area (Å²) in [5.41, 5.74) is 1.93. The van der Waals surface area contributed by atoms with Crippen LogP contribution in [0.5, 0.6) is 0 Å². The number of amides is 1. The van der Waals surface area contributed by atoms with Gasteiger partial charge in [-0.3, -0.25) is 10.1 Å². The van der Waals surface area contributed by atoms with Gasteiger partial charge >= 0.3 is 0 Å². The van der Waals surface area contributed by atoms with E-state index in [4.69, 9.17) is 0 Å². The number of halogens is 1. The van der Waals surface area contributed by atoms with Crippen molar-refractivity contribution in [2.75, 3.05) is 5.32 Å².